The van der Waals surface area contributed by atoms with Gasteiger partial charge in [0, 0.05) is 13.2 Å². The van der Waals surface area contributed by atoms with E-state index >= 15 is 0 Å². The predicted octanol–water partition coefficient (Wildman–Crippen LogP) is 2.68. The SMILES string of the molecule is COC[C@H](C)NC(=S)N/N=C(/C)c1ccc(OC)c(Br)c1. The van der Waals surface area contributed by atoms with E-state index in [0.29, 0.717) is 11.7 Å². The highest BCUT2D eigenvalue weighted by Gasteiger charge is 2.05. The quantitative estimate of drug-likeness (QED) is 0.456. The zero-order valence-corrected chi connectivity index (χ0v) is 15.0. The van der Waals surface area contributed by atoms with E-state index in [1.807, 2.05) is 32.0 Å². The summed E-state index contributed by atoms with van der Waals surface area (Å²) in [6.07, 6.45) is 0. The second kappa shape index (κ2) is 8.96. The largest absolute Gasteiger partial charge is 0.496 e. The fourth-order valence-electron chi connectivity index (χ4n) is 1.64. The van der Waals surface area contributed by atoms with Crippen LogP contribution in [0.2, 0.25) is 0 Å². The van der Waals surface area contributed by atoms with Gasteiger partial charge in [0.25, 0.3) is 0 Å². The molecule has 116 valence electrons. The van der Waals surface area contributed by atoms with Crippen LogP contribution in [0.1, 0.15) is 19.4 Å². The van der Waals surface area contributed by atoms with Gasteiger partial charge in [-0.3, -0.25) is 5.43 Å². The second-order valence-electron chi connectivity index (χ2n) is 4.49. The van der Waals surface area contributed by atoms with E-state index in [9.17, 15) is 0 Å². The van der Waals surface area contributed by atoms with Gasteiger partial charge in [-0.05, 0) is 65.8 Å². The van der Waals surface area contributed by atoms with Crippen molar-refractivity contribution in [2.45, 2.75) is 19.9 Å². The summed E-state index contributed by atoms with van der Waals surface area (Å²) in [4.78, 5) is 0. The normalized spacial score (nSPS) is 12.7. The van der Waals surface area contributed by atoms with Crippen molar-refractivity contribution in [1.82, 2.24) is 10.7 Å². The number of nitrogens with zero attached hydrogens (tertiary/aromatic N) is 1. The maximum atomic E-state index is 5.20. The number of halogens is 1. The van der Waals surface area contributed by atoms with Crippen LogP contribution in [0.3, 0.4) is 0 Å². The number of nitrogens with one attached hydrogen (secondary N) is 2. The molecule has 0 fully saturated rings. The van der Waals surface area contributed by atoms with Gasteiger partial charge >= 0.3 is 0 Å². The van der Waals surface area contributed by atoms with Crippen molar-refractivity contribution >= 4 is 39.0 Å². The molecule has 1 aromatic rings. The van der Waals surface area contributed by atoms with Crippen molar-refractivity contribution in [1.29, 1.82) is 0 Å². The van der Waals surface area contributed by atoms with Gasteiger partial charge in [-0.15, -0.1) is 0 Å². The lowest BCUT2D eigenvalue weighted by molar-refractivity contribution is 0.179. The molecule has 5 nitrogen and oxygen atoms in total. The van der Waals surface area contributed by atoms with E-state index in [-0.39, 0.29) is 6.04 Å². The second-order valence-corrected chi connectivity index (χ2v) is 5.75. The molecular weight excluding hydrogens is 354 g/mol. The first-order valence-electron chi connectivity index (χ1n) is 6.41. The van der Waals surface area contributed by atoms with E-state index in [0.717, 1.165) is 21.5 Å². The van der Waals surface area contributed by atoms with Crippen molar-refractivity contribution in [2.24, 2.45) is 5.10 Å². The molecule has 0 amide bonds. The van der Waals surface area contributed by atoms with E-state index in [1.54, 1.807) is 14.2 Å². The van der Waals surface area contributed by atoms with Crippen molar-refractivity contribution in [3.8, 4) is 5.75 Å². The standard InChI is InChI=1S/C14H20BrN3O2S/c1-9(8-19-3)16-14(21)18-17-10(2)11-5-6-13(20-4)12(15)7-11/h5-7,9H,8H2,1-4H3,(H2,16,18,21)/b17-10-/t9-/m0/s1. The molecule has 0 unspecified atom stereocenters. The van der Waals surface area contributed by atoms with E-state index in [4.69, 9.17) is 21.7 Å². The summed E-state index contributed by atoms with van der Waals surface area (Å²) < 4.78 is 11.1. The lowest BCUT2D eigenvalue weighted by atomic mass is 10.1. The Labute approximate surface area is 139 Å². The third-order valence-electron chi connectivity index (χ3n) is 2.69. The van der Waals surface area contributed by atoms with Gasteiger partial charge in [0.1, 0.15) is 5.75 Å². The average molecular weight is 374 g/mol. The fraction of sp³-hybridized carbons (Fsp3) is 0.429. The number of thiocarbonyl (C=S) groups is 1. The Morgan fingerprint density at radius 3 is 2.71 bits per heavy atom. The highest BCUT2D eigenvalue weighted by molar-refractivity contribution is 9.10. The Bertz CT molecular complexity index is 523. The third kappa shape index (κ3) is 5.99. The van der Waals surface area contributed by atoms with Gasteiger partial charge in [0.2, 0.25) is 0 Å². The first kappa shape index (κ1) is 17.9. The Balaban J connectivity index is 2.64. The number of benzene rings is 1. The average Bonchev–Trinajstić information content (AvgIpc) is 2.44. The van der Waals surface area contributed by atoms with Gasteiger partial charge in [0.05, 0.1) is 23.9 Å². The summed E-state index contributed by atoms with van der Waals surface area (Å²) in [5.41, 5.74) is 4.62. The molecule has 2 N–H and O–H groups in total. The number of hydrogen-bond acceptors (Lipinski definition) is 4. The van der Waals surface area contributed by atoms with E-state index < -0.39 is 0 Å². The van der Waals surface area contributed by atoms with Crippen LogP contribution >= 0.6 is 28.1 Å². The molecule has 0 aliphatic carbocycles. The first-order chi connectivity index (χ1) is 9.97. The molecule has 7 heteroatoms. The minimum Gasteiger partial charge on any atom is -0.496 e. The van der Waals surface area contributed by atoms with Crippen LogP contribution in [0, 0.1) is 0 Å². The number of hydrogen-bond donors (Lipinski definition) is 2. The molecule has 0 aromatic heterocycles. The lowest BCUT2D eigenvalue weighted by Crippen LogP contribution is -2.40. The van der Waals surface area contributed by atoms with Crippen LogP contribution in [-0.2, 0) is 4.74 Å². The zero-order valence-electron chi connectivity index (χ0n) is 12.6. The van der Waals surface area contributed by atoms with Crippen LogP contribution in [0.4, 0.5) is 0 Å². The van der Waals surface area contributed by atoms with Gasteiger partial charge in [-0.1, -0.05) is 0 Å². The maximum absolute atomic E-state index is 5.20. The molecule has 0 bridgehead atoms. The number of ether oxygens (including phenoxy) is 2. The van der Waals surface area contributed by atoms with Crippen LogP contribution < -0.4 is 15.5 Å². The predicted molar refractivity (Wildman–Crippen MR) is 93.1 cm³/mol. The van der Waals surface area contributed by atoms with Crippen molar-refractivity contribution < 1.29 is 9.47 Å². The highest BCUT2D eigenvalue weighted by atomic mass is 79.9. The summed E-state index contributed by atoms with van der Waals surface area (Å²) in [5, 5.41) is 7.81. The molecule has 0 radical (unpaired) electrons. The van der Waals surface area contributed by atoms with Gasteiger partial charge in [0.15, 0.2) is 5.11 Å². The summed E-state index contributed by atoms with van der Waals surface area (Å²) in [6, 6.07) is 5.90. The molecular formula is C14H20BrN3O2S. The van der Waals surface area contributed by atoms with E-state index in [1.165, 1.54) is 0 Å². The molecule has 1 aromatic carbocycles. The number of rotatable bonds is 6. The van der Waals surface area contributed by atoms with Crippen molar-refractivity contribution in [3.05, 3.63) is 28.2 Å². The Hall–Kier alpha value is -1.18. The molecule has 0 saturated heterocycles. The number of methoxy groups -OCH3 is 2. The summed E-state index contributed by atoms with van der Waals surface area (Å²) in [5.74, 6) is 0.782. The molecule has 0 spiro atoms. The molecule has 0 aliphatic rings. The molecule has 1 atom stereocenters. The lowest BCUT2D eigenvalue weighted by Gasteiger charge is -2.14. The summed E-state index contributed by atoms with van der Waals surface area (Å²) >= 11 is 8.62. The van der Waals surface area contributed by atoms with Gasteiger partial charge in [-0.25, -0.2) is 0 Å². The third-order valence-corrected chi connectivity index (χ3v) is 3.52. The summed E-state index contributed by atoms with van der Waals surface area (Å²) in [7, 11) is 3.28. The van der Waals surface area contributed by atoms with Crippen LogP contribution in [0.15, 0.2) is 27.8 Å². The minimum absolute atomic E-state index is 0.126. The molecule has 0 saturated carbocycles. The van der Waals surface area contributed by atoms with Gasteiger partial charge < -0.3 is 14.8 Å². The van der Waals surface area contributed by atoms with Crippen molar-refractivity contribution in [3.63, 3.8) is 0 Å². The molecule has 21 heavy (non-hydrogen) atoms. The zero-order chi connectivity index (χ0) is 15.8. The first-order valence-corrected chi connectivity index (χ1v) is 7.61. The maximum Gasteiger partial charge on any atom is 0.187 e. The smallest absolute Gasteiger partial charge is 0.187 e. The molecule has 0 aliphatic heterocycles. The number of hydrazone groups is 1. The Kier molecular flexibility index (Phi) is 7.63. The fourth-order valence-corrected chi connectivity index (χ4v) is 2.43. The molecule has 0 heterocycles. The monoisotopic (exact) mass is 373 g/mol. The van der Waals surface area contributed by atoms with Crippen LogP contribution in [0.25, 0.3) is 0 Å². The van der Waals surface area contributed by atoms with E-state index in [2.05, 4.69) is 31.8 Å². The Morgan fingerprint density at radius 2 is 2.14 bits per heavy atom. The Morgan fingerprint density at radius 1 is 1.43 bits per heavy atom. The summed E-state index contributed by atoms with van der Waals surface area (Å²) in [6.45, 7) is 4.47. The highest BCUT2D eigenvalue weighted by Crippen LogP contribution is 2.25. The van der Waals surface area contributed by atoms with Gasteiger partial charge in [-0.2, -0.15) is 5.10 Å². The minimum atomic E-state index is 0.126. The van der Waals surface area contributed by atoms with Crippen LogP contribution in [0.5, 0.6) is 5.75 Å². The molecule has 1 rings (SSSR count). The van der Waals surface area contributed by atoms with Crippen LogP contribution in [-0.4, -0.2) is 37.7 Å². The topological polar surface area (TPSA) is 54.9 Å². The van der Waals surface area contributed by atoms with Crippen molar-refractivity contribution in [2.75, 3.05) is 20.8 Å².